The molecule has 0 aliphatic carbocycles. The topological polar surface area (TPSA) is 98.7 Å². The zero-order chi connectivity index (χ0) is 12.9. The average molecular weight is 240 g/mol. The van der Waals surface area contributed by atoms with Crippen molar-refractivity contribution >= 4 is 12.1 Å². The van der Waals surface area contributed by atoms with Crippen LogP contribution in [0.3, 0.4) is 0 Å². The molecule has 0 bridgehead atoms. The van der Waals surface area contributed by atoms with Crippen molar-refractivity contribution in [2.75, 3.05) is 0 Å². The summed E-state index contributed by atoms with van der Waals surface area (Å²) in [4.78, 5) is 21.1. The molecule has 16 heavy (non-hydrogen) atoms. The molecule has 0 aromatic rings. The number of amides is 1. The number of aliphatic hydroxyl groups is 1. The summed E-state index contributed by atoms with van der Waals surface area (Å²) < 4.78 is 29.0. The number of halogens is 2. The summed E-state index contributed by atoms with van der Waals surface area (Å²) in [6.07, 6.45) is -7.55. The maximum atomic E-state index is 12.3. The number of hydrogen-bond acceptors (Lipinski definition) is 5. The molecule has 0 unspecified atom stereocenters. The van der Waals surface area contributed by atoms with Crippen molar-refractivity contribution in [1.29, 1.82) is 0 Å². The Bertz CT molecular complexity index is 259. The van der Waals surface area contributed by atoms with Crippen LogP contribution in [0.15, 0.2) is 0 Å². The second-order valence-electron chi connectivity index (χ2n) is 3.22. The normalized spacial score (nSPS) is 14.7. The molecule has 1 amide bonds. The summed E-state index contributed by atoms with van der Waals surface area (Å²) in [5.74, 6) is -2.10. The van der Waals surface area contributed by atoms with E-state index in [2.05, 4.69) is 4.74 Å². The average Bonchev–Trinajstić information content (AvgIpc) is 2.11. The Balaban J connectivity index is 4.46. The third-order valence-electron chi connectivity index (χ3n) is 1.48. The van der Waals surface area contributed by atoms with Crippen LogP contribution in [-0.4, -0.2) is 41.8 Å². The molecule has 0 saturated carbocycles. The van der Waals surface area contributed by atoms with Crippen LogP contribution in [-0.2, 0) is 9.53 Å². The van der Waals surface area contributed by atoms with E-state index in [9.17, 15) is 23.5 Å². The second-order valence-corrected chi connectivity index (χ2v) is 3.22. The molecule has 0 aromatic carbocycles. The Morgan fingerprint density at radius 3 is 2.19 bits per heavy atom. The van der Waals surface area contributed by atoms with Gasteiger partial charge in [-0.25, -0.2) is 13.6 Å². The summed E-state index contributed by atoms with van der Waals surface area (Å²) in [6, 6.07) is -2.27. The van der Waals surface area contributed by atoms with Gasteiger partial charge in [-0.1, -0.05) is 0 Å². The zero-order valence-corrected chi connectivity index (χ0v) is 8.65. The van der Waals surface area contributed by atoms with E-state index in [1.807, 2.05) is 0 Å². The first-order valence-electron chi connectivity index (χ1n) is 4.40. The number of rotatable bonds is 5. The number of carboxylic acids is 1. The van der Waals surface area contributed by atoms with Gasteiger partial charge in [0.1, 0.15) is 12.1 Å². The van der Waals surface area contributed by atoms with Gasteiger partial charge in [0.2, 0.25) is 0 Å². The maximum Gasteiger partial charge on any atom is 0.407 e. The van der Waals surface area contributed by atoms with Gasteiger partial charge in [-0.05, 0) is 13.8 Å². The molecule has 0 aliphatic heterocycles. The lowest BCUT2D eigenvalue weighted by atomic mass is 10.2. The molecule has 0 radical (unpaired) electrons. The van der Waals surface area contributed by atoms with E-state index in [1.165, 1.54) is 13.8 Å². The van der Waals surface area contributed by atoms with Gasteiger partial charge in [0.25, 0.3) is 6.43 Å². The number of carbonyl (C=O) groups excluding carboxylic acids is 2. The lowest BCUT2D eigenvalue weighted by Gasteiger charge is -2.24. The fourth-order valence-corrected chi connectivity index (χ4v) is 0.811. The lowest BCUT2D eigenvalue weighted by molar-refractivity contribution is -0.317. The van der Waals surface area contributed by atoms with Crippen LogP contribution in [0.1, 0.15) is 13.8 Å². The Morgan fingerprint density at radius 1 is 1.38 bits per heavy atom. The minimum atomic E-state index is -3.26. The first-order valence-corrected chi connectivity index (χ1v) is 4.40. The van der Waals surface area contributed by atoms with Crippen molar-refractivity contribution in [2.24, 2.45) is 0 Å². The highest BCUT2D eigenvalue weighted by molar-refractivity contribution is 5.73. The first-order chi connectivity index (χ1) is 7.25. The molecule has 2 atom stereocenters. The number of ether oxygens (including phenoxy) is 1. The molecule has 0 spiro atoms. The fraction of sp³-hybridized carbons (Fsp3) is 0.750. The molecule has 0 aliphatic rings. The summed E-state index contributed by atoms with van der Waals surface area (Å²) >= 11 is 0. The summed E-state index contributed by atoms with van der Waals surface area (Å²) in [5.41, 5.74) is 0. The summed E-state index contributed by atoms with van der Waals surface area (Å²) in [7, 11) is 0. The van der Waals surface area contributed by atoms with Gasteiger partial charge < -0.3 is 25.1 Å². The van der Waals surface area contributed by atoms with Crippen LogP contribution in [0.25, 0.3) is 0 Å². The molecule has 2 N–H and O–H groups in total. The molecule has 8 heteroatoms. The molecule has 0 saturated heterocycles. The Kier molecular flexibility index (Phi) is 5.65. The van der Waals surface area contributed by atoms with Crippen molar-refractivity contribution in [3.8, 4) is 0 Å². The minimum absolute atomic E-state index is 0.557. The van der Waals surface area contributed by atoms with Gasteiger partial charge in [-0.3, -0.25) is 0 Å². The number of alkyl carbamates (subject to hydrolysis) is 1. The number of hydrogen-bond donors (Lipinski definition) is 2. The number of aliphatic carboxylic acids is 1. The minimum Gasteiger partial charge on any atom is -0.547 e. The highest BCUT2D eigenvalue weighted by Crippen LogP contribution is 2.06. The third-order valence-corrected chi connectivity index (χ3v) is 1.48. The first kappa shape index (κ1) is 14.6. The van der Waals surface area contributed by atoms with Crippen LogP contribution in [0.4, 0.5) is 13.6 Å². The number of aliphatic hydroxyl groups excluding tert-OH is 1. The van der Waals surface area contributed by atoms with Gasteiger partial charge in [0.15, 0.2) is 0 Å². The van der Waals surface area contributed by atoms with E-state index >= 15 is 0 Å². The van der Waals surface area contributed by atoms with E-state index in [4.69, 9.17) is 5.11 Å². The van der Waals surface area contributed by atoms with Crippen molar-refractivity contribution in [2.45, 2.75) is 38.5 Å². The van der Waals surface area contributed by atoms with E-state index in [1.54, 1.807) is 5.32 Å². The second kappa shape index (κ2) is 6.21. The molecular formula is C8H12F2NO5-. The van der Waals surface area contributed by atoms with Gasteiger partial charge in [-0.2, -0.15) is 0 Å². The van der Waals surface area contributed by atoms with Crippen molar-refractivity contribution in [3.05, 3.63) is 0 Å². The Labute approximate surface area is 90.2 Å². The van der Waals surface area contributed by atoms with Crippen LogP contribution in [0.2, 0.25) is 0 Å². The summed E-state index contributed by atoms with van der Waals surface area (Å²) in [5, 5.41) is 20.5. The molecule has 6 nitrogen and oxygen atoms in total. The molecule has 0 rings (SSSR count). The van der Waals surface area contributed by atoms with Gasteiger partial charge in [-0.15, -0.1) is 0 Å². The van der Waals surface area contributed by atoms with Crippen LogP contribution >= 0.6 is 0 Å². The van der Waals surface area contributed by atoms with Crippen molar-refractivity contribution in [1.82, 2.24) is 5.32 Å². The molecule has 0 fully saturated rings. The monoisotopic (exact) mass is 240 g/mol. The largest absolute Gasteiger partial charge is 0.547 e. The number of carbonyl (C=O) groups is 2. The fourth-order valence-electron chi connectivity index (χ4n) is 0.811. The van der Waals surface area contributed by atoms with E-state index in [0.29, 0.717) is 0 Å². The SMILES string of the molecule is CC(C)OC(=O)N[C@@H](C(F)F)[C@@H](O)C(=O)[O-]. The van der Waals surface area contributed by atoms with Crippen LogP contribution < -0.4 is 10.4 Å². The molecular weight excluding hydrogens is 228 g/mol. The smallest absolute Gasteiger partial charge is 0.407 e. The van der Waals surface area contributed by atoms with E-state index in [-0.39, 0.29) is 0 Å². The molecule has 0 heterocycles. The Hall–Kier alpha value is -1.44. The number of nitrogens with one attached hydrogen (secondary N) is 1. The maximum absolute atomic E-state index is 12.3. The van der Waals surface area contributed by atoms with Crippen LogP contribution in [0, 0.1) is 0 Å². The molecule has 94 valence electrons. The summed E-state index contributed by atoms with van der Waals surface area (Å²) in [6.45, 7) is 2.96. The predicted molar refractivity (Wildman–Crippen MR) is 45.6 cm³/mol. The standard InChI is InChI=1S/C8H13F2NO5/c1-3(2)16-8(15)11-4(6(9)10)5(12)7(13)14/h3-6,12H,1-2H3,(H,11,15)(H,13,14)/p-1/t4-,5-/m1/s1. The number of carboxylic acid groups (broad SMARTS) is 1. The highest BCUT2D eigenvalue weighted by Gasteiger charge is 2.31. The molecule has 0 aromatic heterocycles. The highest BCUT2D eigenvalue weighted by atomic mass is 19.3. The predicted octanol–water partition coefficient (Wildman–Crippen LogP) is -1.13. The van der Waals surface area contributed by atoms with E-state index < -0.39 is 36.7 Å². The van der Waals surface area contributed by atoms with Crippen molar-refractivity contribution in [3.63, 3.8) is 0 Å². The quantitative estimate of drug-likeness (QED) is 0.633. The Morgan fingerprint density at radius 2 is 1.88 bits per heavy atom. The van der Waals surface area contributed by atoms with E-state index in [0.717, 1.165) is 0 Å². The zero-order valence-electron chi connectivity index (χ0n) is 8.65. The van der Waals surface area contributed by atoms with Crippen molar-refractivity contribution < 1.29 is 33.3 Å². The lowest BCUT2D eigenvalue weighted by Crippen LogP contribution is -2.55. The van der Waals surface area contributed by atoms with Gasteiger partial charge >= 0.3 is 6.09 Å². The third kappa shape index (κ3) is 4.87. The van der Waals surface area contributed by atoms with Crippen LogP contribution in [0.5, 0.6) is 0 Å². The van der Waals surface area contributed by atoms with Gasteiger partial charge in [0, 0.05) is 0 Å². The van der Waals surface area contributed by atoms with Gasteiger partial charge in [0.05, 0.1) is 12.1 Å². The number of alkyl halides is 2.